The summed E-state index contributed by atoms with van der Waals surface area (Å²) in [5.41, 5.74) is 0. The van der Waals surface area contributed by atoms with Crippen LogP contribution in [0, 0.1) is 48.5 Å². The van der Waals surface area contributed by atoms with Crippen LogP contribution in [0.4, 0.5) is 0 Å². The van der Waals surface area contributed by atoms with Crippen LogP contribution in [0.3, 0.4) is 0 Å². The third-order valence-electron chi connectivity index (χ3n) is 4.86. The van der Waals surface area contributed by atoms with Crippen LogP contribution in [-0.2, 0) is 40.8 Å². The van der Waals surface area contributed by atoms with Gasteiger partial charge in [-0.05, 0) is 0 Å². The SMILES string of the molecule is [Pd].[Pd].[c-]1ccccc1.[c-]1ccccc1.[c-]1ccccc1.[c-]1ccccc1.[c-]1ccccc1.[c-]1ccccc1.[c-]1ccccc1.[c-]1ccccc1. The maximum Gasteiger partial charge on any atom is 0 e. The van der Waals surface area contributed by atoms with Crippen LogP contribution in [0.25, 0.3) is 0 Å². The normalized spacial score (nSPS) is 7.68. The van der Waals surface area contributed by atoms with E-state index in [0.29, 0.717) is 0 Å². The second-order valence-electron chi connectivity index (χ2n) is 8.62. The minimum atomic E-state index is 0. The van der Waals surface area contributed by atoms with E-state index >= 15 is 0 Å². The van der Waals surface area contributed by atoms with Crippen molar-refractivity contribution in [3.63, 3.8) is 0 Å². The second kappa shape index (κ2) is 44.1. The number of benzene rings is 8. The van der Waals surface area contributed by atoms with Crippen molar-refractivity contribution in [1.29, 1.82) is 0 Å². The van der Waals surface area contributed by atoms with Gasteiger partial charge in [0.15, 0.2) is 0 Å². The van der Waals surface area contributed by atoms with Gasteiger partial charge in [0, 0.05) is 40.8 Å². The molecule has 0 nitrogen and oxygen atoms in total. The summed E-state index contributed by atoms with van der Waals surface area (Å²) in [5, 5.41) is 0. The molecule has 8 rings (SSSR count). The molecule has 0 aliphatic heterocycles. The molecule has 0 atom stereocenters. The number of hydrogen-bond donors (Lipinski definition) is 0. The van der Waals surface area contributed by atoms with Gasteiger partial charge < -0.3 is 0 Å². The van der Waals surface area contributed by atoms with Crippen molar-refractivity contribution >= 4 is 0 Å². The van der Waals surface area contributed by atoms with Gasteiger partial charge in [-0.15, -0.1) is 0 Å². The third kappa shape index (κ3) is 41.1. The predicted molar refractivity (Wildman–Crippen MR) is 202 cm³/mol. The monoisotopic (exact) mass is 828 g/mol. The number of rotatable bonds is 0. The molecule has 0 bridgehead atoms. The molecule has 8 aromatic carbocycles. The van der Waals surface area contributed by atoms with Crippen LogP contribution in [-0.4, -0.2) is 0 Å². The maximum absolute atomic E-state index is 2.89. The van der Waals surface area contributed by atoms with E-state index in [2.05, 4.69) is 48.5 Å². The van der Waals surface area contributed by atoms with Crippen LogP contribution < -0.4 is 0 Å². The first-order chi connectivity index (χ1) is 24.0. The van der Waals surface area contributed by atoms with E-state index in [9.17, 15) is 0 Å². The Morgan fingerprint density at radius 3 is 0.220 bits per heavy atom. The minimum absolute atomic E-state index is 0. The van der Waals surface area contributed by atoms with Gasteiger partial charge in [0.05, 0.1) is 0 Å². The molecule has 0 amide bonds. The van der Waals surface area contributed by atoms with Gasteiger partial charge >= 0.3 is 0 Å². The summed E-state index contributed by atoms with van der Waals surface area (Å²) in [7, 11) is 0. The molecule has 0 N–H and O–H groups in total. The molecule has 8 aromatic rings. The first-order valence-corrected chi connectivity index (χ1v) is 15.3. The molecule has 50 heavy (non-hydrogen) atoms. The van der Waals surface area contributed by atoms with Gasteiger partial charge in [0.1, 0.15) is 0 Å². The topological polar surface area (TPSA) is 0 Å². The fraction of sp³-hybridized carbons (Fsp3) is 0. The third-order valence-corrected chi connectivity index (χ3v) is 4.86. The molecule has 0 saturated heterocycles. The zero-order valence-corrected chi connectivity index (χ0v) is 30.8. The van der Waals surface area contributed by atoms with Crippen LogP contribution >= 0.6 is 0 Å². The Hall–Kier alpha value is -4.92. The zero-order valence-electron chi connectivity index (χ0n) is 27.7. The van der Waals surface area contributed by atoms with Crippen LogP contribution in [0.15, 0.2) is 243 Å². The molecule has 0 aromatic heterocycles. The van der Waals surface area contributed by atoms with Gasteiger partial charge in [0.25, 0.3) is 0 Å². The molecule has 2 heteroatoms. The van der Waals surface area contributed by atoms with Crippen molar-refractivity contribution in [1.82, 2.24) is 0 Å². The number of hydrogen-bond acceptors (Lipinski definition) is 0. The quantitative estimate of drug-likeness (QED) is 0.106. The molecule has 0 unspecified atom stereocenters. The van der Waals surface area contributed by atoms with Crippen LogP contribution in [0.5, 0.6) is 0 Å². The summed E-state index contributed by atoms with van der Waals surface area (Å²) in [4.78, 5) is 0. The molecule has 0 spiro atoms. The first-order valence-electron chi connectivity index (χ1n) is 15.3. The first kappa shape index (κ1) is 47.2. The van der Waals surface area contributed by atoms with E-state index in [4.69, 9.17) is 0 Å². The van der Waals surface area contributed by atoms with Crippen LogP contribution in [0.1, 0.15) is 0 Å². The largest absolute Gasteiger partial charge is 0.184 e. The summed E-state index contributed by atoms with van der Waals surface area (Å²) < 4.78 is 0. The van der Waals surface area contributed by atoms with Crippen molar-refractivity contribution in [3.8, 4) is 0 Å². The average Bonchev–Trinajstić information content (AvgIpc) is 3.25. The van der Waals surface area contributed by atoms with Gasteiger partial charge in [-0.3, -0.25) is 0 Å². The summed E-state index contributed by atoms with van der Waals surface area (Å²) in [6.07, 6.45) is 0. The Kier molecular flexibility index (Phi) is 41.6. The molecule has 0 fully saturated rings. The summed E-state index contributed by atoms with van der Waals surface area (Å²) in [6.45, 7) is 0. The average molecular weight is 830 g/mol. The van der Waals surface area contributed by atoms with E-state index in [0.717, 1.165) is 0 Å². The van der Waals surface area contributed by atoms with E-state index < -0.39 is 0 Å². The van der Waals surface area contributed by atoms with E-state index in [1.165, 1.54) is 0 Å². The Balaban J connectivity index is 0. The zero-order chi connectivity index (χ0) is 33.9. The van der Waals surface area contributed by atoms with Crippen molar-refractivity contribution < 1.29 is 40.8 Å². The fourth-order valence-electron chi connectivity index (χ4n) is 2.74. The van der Waals surface area contributed by atoms with Gasteiger partial charge in [-0.25, -0.2) is 0 Å². The molecule has 0 saturated carbocycles. The summed E-state index contributed by atoms with van der Waals surface area (Å²) >= 11 is 0. The van der Waals surface area contributed by atoms with E-state index in [-0.39, 0.29) is 40.8 Å². The molecule has 0 aliphatic rings. The Morgan fingerprint density at radius 1 is 0.120 bits per heavy atom. The fourth-order valence-corrected chi connectivity index (χ4v) is 2.74. The van der Waals surface area contributed by atoms with Crippen molar-refractivity contribution in [2.24, 2.45) is 0 Å². The standard InChI is InChI=1S/8C6H5.2Pd/c8*1-2-4-6-5-3-1;;/h8*1-5H;;/q8*-1;;. The van der Waals surface area contributed by atoms with Gasteiger partial charge in [0.2, 0.25) is 0 Å². The minimum Gasteiger partial charge on any atom is -0.184 e. The molecule has 0 radical (unpaired) electrons. The molecule has 0 heterocycles. The smallest absolute Gasteiger partial charge is 0 e. The molecular formula is C48H40Pd2-8. The van der Waals surface area contributed by atoms with Crippen molar-refractivity contribution in [2.75, 3.05) is 0 Å². The Morgan fingerprint density at radius 2 is 0.200 bits per heavy atom. The van der Waals surface area contributed by atoms with Crippen molar-refractivity contribution in [2.45, 2.75) is 0 Å². The summed E-state index contributed by atoms with van der Waals surface area (Å²) in [5.74, 6) is 0. The molecule has 260 valence electrons. The van der Waals surface area contributed by atoms with Crippen LogP contribution in [0.2, 0.25) is 0 Å². The van der Waals surface area contributed by atoms with E-state index in [1.54, 1.807) is 0 Å². The van der Waals surface area contributed by atoms with E-state index in [1.807, 2.05) is 243 Å². The summed E-state index contributed by atoms with van der Waals surface area (Å²) in [6, 6.07) is 100. The second-order valence-corrected chi connectivity index (χ2v) is 8.62. The maximum atomic E-state index is 2.89. The molecular weight excluding hydrogens is 789 g/mol. The van der Waals surface area contributed by atoms with Gasteiger partial charge in [-0.1, -0.05) is 0 Å². The Labute approximate surface area is 329 Å². The molecule has 0 aliphatic carbocycles. The van der Waals surface area contributed by atoms with Crippen molar-refractivity contribution in [3.05, 3.63) is 291 Å². The predicted octanol–water partition coefficient (Wildman–Crippen LogP) is 11.9. The Bertz CT molecular complexity index is 966. The van der Waals surface area contributed by atoms with Gasteiger partial charge in [-0.2, -0.15) is 291 Å².